The summed E-state index contributed by atoms with van der Waals surface area (Å²) in [5.74, 6) is 0. The number of aryl methyl sites for hydroxylation is 1. The molecule has 0 aliphatic rings. The summed E-state index contributed by atoms with van der Waals surface area (Å²) in [7, 11) is 0. The fourth-order valence-electron chi connectivity index (χ4n) is 2.53. The summed E-state index contributed by atoms with van der Waals surface area (Å²) in [5.41, 5.74) is 3.48. The van der Waals surface area contributed by atoms with Crippen molar-refractivity contribution in [3.05, 3.63) is 64.5 Å². The molecule has 22 heavy (non-hydrogen) atoms. The Morgan fingerprint density at radius 3 is 2.68 bits per heavy atom. The van der Waals surface area contributed by atoms with Gasteiger partial charge in [-0.15, -0.1) is 22.7 Å². The number of rotatable bonds is 2. The van der Waals surface area contributed by atoms with Crippen LogP contribution in [-0.4, -0.2) is 4.98 Å². The Hall–Kier alpha value is -1.68. The summed E-state index contributed by atoms with van der Waals surface area (Å²) in [4.78, 5) is 6.06. The fourth-order valence-corrected chi connectivity index (χ4v) is 4.74. The van der Waals surface area contributed by atoms with Gasteiger partial charge >= 0.3 is 0 Å². The molecule has 0 spiro atoms. The van der Waals surface area contributed by atoms with E-state index >= 15 is 0 Å². The summed E-state index contributed by atoms with van der Waals surface area (Å²) in [6.07, 6.45) is 0. The molecule has 0 unspecified atom stereocenters. The smallest absolute Gasteiger partial charge is 0.124 e. The van der Waals surface area contributed by atoms with E-state index < -0.39 is 0 Å². The number of thiophene rings is 1. The lowest BCUT2D eigenvalue weighted by atomic mass is 10.1. The van der Waals surface area contributed by atoms with E-state index in [2.05, 4.69) is 30.5 Å². The molecule has 0 fully saturated rings. The SMILES string of the molecule is Cc1c(-c2csc(-c3ccccc3)n2)sc2ccc(Cl)cc12. The number of thiazole rings is 1. The van der Waals surface area contributed by atoms with Crippen molar-refractivity contribution < 1.29 is 0 Å². The molecule has 0 atom stereocenters. The minimum absolute atomic E-state index is 0.781. The van der Waals surface area contributed by atoms with Crippen LogP contribution in [0.15, 0.2) is 53.9 Å². The average molecular weight is 342 g/mol. The van der Waals surface area contributed by atoms with Gasteiger partial charge in [0.2, 0.25) is 0 Å². The number of halogens is 1. The van der Waals surface area contributed by atoms with Gasteiger partial charge in [0, 0.05) is 20.7 Å². The van der Waals surface area contributed by atoms with E-state index in [-0.39, 0.29) is 0 Å². The van der Waals surface area contributed by atoms with Gasteiger partial charge in [-0.2, -0.15) is 0 Å². The van der Waals surface area contributed by atoms with Crippen molar-refractivity contribution in [3.8, 4) is 21.1 Å². The Kier molecular flexibility index (Phi) is 3.49. The molecular weight excluding hydrogens is 330 g/mol. The van der Waals surface area contributed by atoms with Gasteiger partial charge in [-0.3, -0.25) is 0 Å². The van der Waals surface area contributed by atoms with Crippen LogP contribution in [0.2, 0.25) is 5.02 Å². The standard InChI is InChI=1S/C18H12ClNS2/c1-11-14-9-13(19)7-8-16(14)22-17(11)15-10-21-18(20-15)12-5-3-2-4-6-12/h2-10H,1H3. The van der Waals surface area contributed by atoms with E-state index in [0.717, 1.165) is 15.7 Å². The second-order valence-corrected chi connectivity index (χ2v) is 7.45. The predicted molar refractivity (Wildman–Crippen MR) is 98.1 cm³/mol. The number of nitrogens with zero attached hydrogens (tertiary/aromatic N) is 1. The largest absolute Gasteiger partial charge is 0.235 e. The molecule has 0 aliphatic heterocycles. The Bertz CT molecular complexity index is 954. The normalized spacial score (nSPS) is 11.2. The zero-order chi connectivity index (χ0) is 15.1. The minimum atomic E-state index is 0.781. The first-order chi connectivity index (χ1) is 10.7. The molecule has 108 valence electrons. The van der Waals surface area contributed by atoms with Crippen LogP contribution < -0.4 is 0 Å². The summed E-state index contributed by atoms with van der Waals surface area (Å²) in [5, 5.41) is 5.21. The zero-order valence-electron chi connectivity index (χ0n) is 11.8. The minimum Gasteiger partial charge on any atom is -0.235 e. The summed E-state index contributed by atoms with van der Waals surface area (Å²) in [6.45, 7) is 2.14. The molecule has 2 aromatic carbocycles. The molecule has 0 saturated carbocycles. The average Bonchev–Trinajstić information content (AvgIpc) is 3.14. The van der Waals surface area contributed by atoms with Crippen molar-refractivity contribution in [2.24, 2.45) is 0 Å². The van der Waals surface area contributed by atoms with Crippen LogP contribution in [0.25, 0.3) is 31.2 Å². The third-order valence-corrected chi connectivity index (χ3v) is 6.08. The highest BCUT2D eigenvalue weighted by Crippen LogP contribution is 2.40. The van der Waals surface area contributed by atoms with Crippen molar-refractivity contribution in [2.45, 2.75) is 6.92 Å². The van der Waals surface area contributed by atoms with Crippen LogP contribution in [0.5, 0.6) is 0 Å². The monoisotopic (exact) mass is 341 g/mol. The van der Waals surface area contributed by atoms with Crippen molar-refractivity contribution >= 4 is 44.4 Å². The molecule has 4 rings (SSSR count). The van der Waals surface area contributed by atoms with Crippen LogP contribution >= 0.6 is 34.3 Å². The molecule has 0 radical (unpaired) electrons. The highest BCUT2D eigenvalue weighted by Gasteiger charge is 2.14. The molecule has 0 bridgehead atoms. The van der Waals surface area contributed by atoms with E-state index in [9.17, 15) is 0 Å². The van der Waals surface area contributed by atoms with E-state index in [4.69, 9.17) is 16.6 Å². The van der Waals surface area contributed by atoms with E-state index in [1.165, 1.54) is 26.1 Å². The van der Waals surface area contributed by atoms with Crippen LogP contribution in [0.4, 0.5) is 0 Å². The van der Waals surface area contributed by atoms with E-state index in [1.807, 2.05) is 30.3 Å². The summed E-state index contributed by atoms with van der Waals surface area (Å²) >= 11 is 9.59. The molecule has 4 aromatic rings. The third-order valence-electron chi connectivity index (χ3n) is 3.66. The lowest BCUT2D eigenvalue weighted by Crippen LogP contribution is -1.78. The number of hydrogen-bond acceptors (Lipinski definition) is 3. The van der Waals surface area contributed by atoms with Crippen LogP contribution in [-0.2, 0) is 0 Å². The fraction of sp³-hybridized carbons (Fsp3) is 0.0556. The quantitative estimate of drug-likeness (QED) is 0.397. The number of benzene rings is 2. The van der Waals surface area contributed by atoms with Gasteiger partial charge in [0.05, 0.1) is 10.6 Å². The highest BCUT2D eigenvalue weighted by molar-refractivity contribution is 7.22. The summed E-state index contributed by atoms with van der Waals surface area (Å²) in [6, 6.07) is 16.4. The van der Waals surface area contributed by atoms with Gasteiger partial charge < -0.3 is 0 Å². The third kappa shape index (κ3) is 2.35. The molecular formula is C18H12ClNS2. The Balaban J connectivity index is 1.83. The van der Waals surface area contributed by atoms with E-state index in [0.29, 0.717) is 0 Å². The second-order valence-electron chi connectivity index (χ2n) is 5.10. The molecule has 0 aliphatic carbocycles. The lowest BCUT2D eigenvalue weighted by Gasteiger charge is -1.96. The van der Waals surface area contributed by atoms with Gasteiger partial charge in [-0.1, -0.05) is 41.9 Å². The molecule has 2 heterocycles. The Morgan fingerprint density at radius 2 is 1.86 bits per heavy atom. The number of fused-ring (bicyclic) bond motifs is 1. The van der Waals surface area contributed by atoms with Crippen LogP contribution in [0, 0.1) is 6.92 Å². The molecule has 2 aromatic heterocycles. The first-order valence-electron chi connectivity index (χ1n) is 6.92. The van der Waals surface area contributed by atoms with E-state index in [1.54, 1.807) is 22.7 Å². The number of hydrogen-bond donors (Lipinski definition) is 0. The molecule has 0 N–H and O–H groups in total. The molecule has 0 amide bonds. The molecule has 0 saturated heterocycles. The van der Waals surface area contributed by atoms with Crippen molar-refractivity contribution in [1.29, 1.82) is 0 Å². The zero-order valence-corrected chi connectivity index (χ0v) is 14.2. The van der Waals surface area contributed by atoms with Crippen molar-refractivity contribution in [3.63, 3.8) is 0 Å². The van der Waals surface area contributed by atoms with Crippen LogP contribution in [0.3, 0.4) is 0 Å². The van der Waals surface area contributed by atoms with Gasteiger partial charge in [-0.25, -0.2) is 4.98 Å². The maximum absolute atomic E-state index is 6.12. The Morgan fingerprint density at radius 1 is 1.05 bits per heavy atom. The maximum Gasteiger partial charge on any atom is 0.124 e. The molecule has 1 nitrogen and oxygen atoms in total. The van der Waals surface area contributed by atoms with Crippen molar-refractivity contribution in [1.82, 2.24) is 4.98 Å². The maximum atomic E-state index is 6.12. The number of aromatic nitrogens is 1. The first-order valence-corrected chi connectivity index (χ1v) is 9.00. The first kappa shape index (κ1) is 13.9. The lowest BCUT2D eigenvalue weighted by molar-refractivity contribution is 1.40. The van der Waals surface area contributed by atoms with Crippen LogP contribution in [0.1, 0.15) is 5.56 Å². The Labute approximate surface area is 141 Å². The highest BCUT2D eigenvalue weighted by atomic mass is 35.5. The molecule has 4 heteroatoms. The van der Waals surface area contributed by atoms with Gasteiger partial charge in [-0.05, 0) is 36.1 Å². The topological polar surface area (TPSA) is 12.9 Å². The van der Waals surface area contributed by atoms with Gasteiger partial charge in [0.1, 0.15) is 5.01 Å². The van der Waals surface area contributed by atoms with Gasteiger partial charge in [0.15, 0.2) is 0 Å². The summed E-state index contributed by atoms with van der Waals surface area (Å²) < 4.78 is 1.26. The second kappa shape index (κ2) is 5.51. The van der Waals surface area contributed by atoms with Crippen molar-refractivity contribution in [2.75, 3.05) is 0 Å². The van der Waals surface area contributed by atoms with Gasteiger partial charge in [0.25, 0.3) is 0 Å². The predicted octanol–water partition coefficient (Wildman–Crippen LogP) is 6.65.